The Labute approximate surface area is 104 Å². The van der Waals surface area contributed by atoms with Crippen molar-refractivity contribution in [1.82, 2.24) is 5.32 Å². The number of hydrogen-bond donors (Lipinski definition) is 4. The van der Waals surface area contributed by atoms with Gasteiger partial charge in [-0.15, -0.1) is 0 Å². The van der Waals surface area contributed by atoms with E-state index in [1.165, 1.54) is 19.3 Å². The average molecular weight is 245 g/mol. The summed E-state index contributed by atoms with van der Waals surface area (Å²) in [5, 5.41) is 32.5. The second-order valence-corrected chi connectivity index (χ2v) is 5.35. The number of nitrogens with one attached hydrogen (secondary N) is 1. The van der Waals surface area contributed by atoms with Crippen LogP contribution in [-0.4, -0.2) is 45.7 Å². The lowest BCUT2D eigenvalue weighted by Gasteiger charge is -2.43. The molecule has 4 nitrogen and oxygen atoms in total. The van der Waals surface area contributed by atoms with E-state index in [2.05, 4.69) is 5.32 Å². The Morgan fingerprint density at radius 3 is 2.06 bits per heavy atom. The third-order valence-corrected chi connectivity index (χ3v) is 4.09. The van der Waals surface area contributed by atoms with E-state index in [9.17, 15) is 10.2 Å². The topological polar surface area (TPSA) is 72.7 Å². The summed E-state index contributed by atoms with van der Waals surface area (Å²) in [7, 11) is 0. The average Bonchev–Trinajstić information content (AvgIpc) is 2.29. The van der Waals surface area contributed by atoms with E-state index >= 15 is 0 Å². The molecule has 0 heterocycles. The predicted octanol–water partition coefficient (Wildman–Crippen LogP) is 0.791. The van der Waals surface area contributed by atoms with Gasteiger partial charge in [-0.2, -0.15) is 0 Å². The summed E-state index contributed by atoms with van der Waals surface area (Å²) < 4.78 is 0. The van der Waals surface area contributed by atoms with E-state index in [-0.39, 0.29) is 6.61 Å². The van der Waals surface area contributed by atoms with Crippen LogP contribution in [0, 0.1) is 0 Å². The summed E-state index contributed by atoms with van der Waals surface area (Å²) in [5.74, 6) is 0. The minimum Gasteiger partial charge on any atom is -0.396 e. The molecule has 1 aliphatic rings. The van der Waals surface area contributed by atoms with Crippen molar-refractivity contribution in [3.8, 4) is 0 Å². The SMILES string of the molecule is CC(O)C(CCO)(NC1CCCCC1)C(C)O. The third-order valence-electron chi connectivity index (χ3n) is 4.09. The van der Waals surface area contributed by atoms with Crippen LogP contribution in [0.5, 0.6) is 0 Å². The lowest BCUT2D eigenvalue weighted by molar-refractivity contribution is -0.0378. The second kappa shape index (κ2) is 6.69. The molecule has 0 spiro atoms. The molecule has 1 fully saturated rings. The zero-order valence-electron chi connectivity index (χ0n) is 11.0. The van der Waals surface area contributed by atoms with Crippen LogP contribution in [-0.2, 0) is 0 Å². The van der Waals surface area contributed by atoms with Crippen molar-refractivity contribution in [2.24, 2.45) is 0 Å². The summed E-state index contributed by atoms with van der Waals surface area (Å²) in [5.41, 5.74) is -0.781. The maximum absolute atomic E-state index is 9.96. The first kappa shape index (κ1) is 14.9. The monoisotopic (exact) mass is 245 g/mol. The Hall–Kier alpha value is -0.160. The van der Waals surface area contributed by atoms with E-state index in [0.717, 1.165) is 12.8 Å². The normalized spacial score (nSPS) is 25.2. The molecule has 1 rings (SSSR count). The van der Waals surface area contributed by atoms with E-state index in [0.29, 0.717) is 12.5 Å². The fraction of sp³-hybridized carbons (Fsp3) is 1.00. The molecule has 0 aromatic rings. The van der Waals surface area contributed by atoms with Crippen LogP contribution in [0.15, 0.2) is 0 Å². The molecule has 1 saturated carbocycles. The lowest BCUT2D eigenvalue weighted by atomic mass is 9.82. The van der Waals surface area contributed by atoms with Gasteiger partial charge in [0.25, 0.3) is 0 Å². The van der Waals surface area contributed by atoms with Crippen LogP contribution in [0.2, 0.25) is 0 Å². The Kier molecular flexibility index (Phi) is 5.86. The molecule has 0 radical (unpaired) electrons. The molecule has 0 aromatic carbocycles. The van der Waals surface area contributed by atoms with Gasteiger partial charge in [-0.25, -0.2) is 0 Å². The van der Waals surface area contributed by atoms with Crippen molar-refractivity contribution < 1.29 is 15.3 Å². The van der Waals surface area contributed by atoms with Crippen molar-refractivity contribution in [3.05, 3.63) is 0 Å². The first-order valence-electron chi connectivity index (χ1n) is 6.77. The van der Waals surface area contributed by atoms with E-state index in [4.69, 9.17) is 5.11 Å². The van der Waals surface area contributed by atoms with Gasteiger partial charge < -0.3 is 20.6 Å². The number of aliphatic hydroxyl groups is 3. The first-order chi connectivity index (χ1) is 8.03. The van der Waals surface area contributed by atoms with Gasteiger partial charge in [0.05, 0.1) is 17.7 Å². The summed E-state index contributed by atoms with van der Waals surface area (Å²) in [6, 6.07) is 0.347. The highest BCUT2D eigenvalue weighted by atomic mass is 16.3. The summed E-state index contributed by atoms with van der Waals surface area (Å²) in [4.78, 5) is 0. The third kappa shape index (κ3) is 3.65. The van der Waals surface area contributed by atoms with Gasteiger partial charge >= 0.3 is 0 Å². The van der Waals surface area contributed by atoms with Crippen LogP contribution in [0.1, 0.15) is 52.4 Å². The van der Waals surface area contributed by atoms with E-state index in [1.54, 1.807) is 13.8 Å². The zero-order chi connectivity index (χ0) is 12.9. The smallest absolute Gasteiger partial charge is 0.0723 e. The van der Waals surface area contributed by atoms with Crippen molar-refractivity contribution in [3.63, 3.8) is 0 Å². The Bertz CT molecular complexity index is 205. The molecule has 2 atom stereocenters. The quantitative estimate of drug-likeness (QED) is 0.558. The van der Waals surface area contributed by atoms with Crippen LogP contribution >= 0.6 is 0 Å². The summed E-state index contributed by atoms with van der Waals surface area (Å²) in [6.45, 7) is 3.33. The first-order valence-corrected chi connectivity index (χ1v) is 6.77. The molecule has 0 aromatic heterocycles. The van der Waals surface area contributed by atoms with Gasteiger partial charge in [-0.3, -0.25) is 0 Å². The Balaban J connectivity index is 2.72. The highest BCUT2D eigenvalue weighted by Crippen LogP contribution is 2.26. The molecule has 0 saturated heterocycles. The van der Waals surface area contributed by atoms with Crippen molar-refractivity contribution >= 4 is 0 Å². The van der Waals surface area contributed by atoms with E-state index < -0.39 is 17.7 Å². The van der Waals surface area contributed by atoms with Crippen LogP contribution in [0.3, 0.4) is 0 Å². The standard InChI is InChI=1S/C13H27NO3/c1-10(16)13(8-9-15,11(2)17)14-12-6-4-3-5-7-12/h10-12,14-17H,3-9H2,1-2H3. The van der Waals surface area contributed by atoms with Crippen LogP contribution in [0.25, 0.3) is 0 Å². The Morgan fingerprint density at radius 1 is 1.12 bits per heavy atom. The maximum atomic E-state index is 9.96. The molecule has 17 heavy (non-hydrogen) atoms. The predicted molar refractivity (Wildman–Crippen MR) is 67.8 cm³/mol. The molecule has 0 amide bonds. The van der Waals surface area contributed by atoms with Crippen molar-refractivity contribution in [2.75, 3.05) is 6.61 Å². The number of rotatable bonds is 6. The van der Waals surface area contributed by atoms with Crippen LogP contribution in [0.4, 0.5) is 0 Å². The summed E-state index contributed by atoms with van der Waals surface area (Å²) in [6.07, 6.45) is 4.86. The number of aliphatic hydroxyl groups excluding tert-OH is 3. The molecule has 0 aliphatic heterocycles. The molecule has 4 heteroatoms. The molecular formula is C13H27NO3. The lowest BCUT2D eigenvalue weighted by Crippen LogP contribution is -2.64. The van der Waals surface area contributed by atoms with Gasteiger partial charge in [-0.05, 0) is 33.1 Å². The van der Waals surface area contributed by atoms with Crippen LogP contribution < -0.4 is 5.32 Å². The molecule has 4 N–H and O–H groups in total. The molecule has 102 valence electrons. The van der Waals surface area contributed by atoms with Crippen molar-refractivity contribution in [2.45, 2.75) is 76.2 Å². The molecular weight excluding hydrogens is 218 g/mol. The van der Waals surface area contributed by atoms with Gasteiger partial charge in [-0.1, -0.05) is 19.3 Å². The largest absolute Gasteiger partial charge is 0.396 e. The maximum Gasteiger partial charge on any atom is 0.0723 e. The van der Waals surface area contributed by atoms with Gasteiger partial charge in [0.1, 0.15) is 0 Å². The Morgan fingerprint density at radius 2 is 1.65 bits per heavy atom. The van der Waals surface area contributed by atoms with Gasteiger partial charge in [0, 0.05) is 12.6 Å². The molecule has 0 bridgehead atoms. The van der Waals surface area contributed by atoms with E-state index in [1.807, 2.05) is 0 Å². The molecule has 1 aliphatic carbocycles. The fourth-order valence-electron chi connectivity index (χ4n) is 2.89. The zero-order valence-corrected chi connectivity index (χ0v) is 11.0. The number of hydrogen-bond acceptors (Lipinski definition) is 4. The van der Waals surface area contributed by atoms with Gasteiger partial charge in [0.15, 0.2) is 0 Å². The molecule has 2 unspecified atom stereocenters. The minimum atomic E-state index is -0.781. The highest BCUT2D eigenvalue weighted by molar-refractivity contribution is 4.99. The highest BCUT2D eigenvalue weighted by Gasteiger charge is 2.41. The fourth-order valence-corrected chi connectivity index (χ4v) is 2.89. The minimum absolute atomic E-state index is 0.0322. The summed E-state index contributed by atoms with van der Waals surface area (Å²) >= 11 is 0. The van der Waals surface area contributed by atoms with Gasteiger partial charge in [0.2, 0.25) is 0 Å². The van der Waals surface area contributed by atoms with Crippen molar-refractivity contribution in [1.29, 1.82) is 0 Å². The second-order valence-electron chi connectivity index (χ2n) is 5.35.